The Morgan fingerprint density at radius 2 is 1.90 bits per heavy atom. The lowest BCUT2D eigenvalue weighted by molar-refractivity contribution is -0.149. The van der Waals surface area contributed by atoms with E-state index in [0.29, 0.717) is 33.2 Å². The highest BCUT2D eigenvalue weighted by Crippen LogP contribution is 2.52. The van der Waals surface area contributed by atoms with Crippen LogP contribution in [-0.4, -0.2) is 35.9 Å². The number of nitriles is 1. The Labute approximate surface area is 177 Å². The van der Waals surface area contributed by atoms with Crippen molar-refractivity contribution < 1.29 is 23.8 Å². The van der Waals surface area contributed by atoms with Gasteiger partial charge in [0.25, 0.3) is 0 Å². The SMILES string of the molecule is COc1ccc([C@]2(O)CSC3=C(C#N)[C@@H](c4ccc(F)cc4)CC(=O)N32)cc1OC. The number of hydrogen-bond donors (Lipinski definition) is 1. The van der Waals surface area contributed by atoms with Crippen molar-refractivity contribution in [1.29, 1.82) is 5.26 Å². The van der Waals surface area contributed by atoms with Crippen LogP contribution in [0.15, 0.2) is 53.1 Å². The molecule has 2 heterocycles. The molecule has 30 heavy (non-hydrogen) atoms. The van der Waals surface area contributed by atoms with Crippen molar-refractivity contribution in [3.63, 3.8) is 0 Å². The fraction of sp³-hybridized carbons (Fsp3) is 0.273. The first-order valence-electron chi connectivity index (χ1n) is 9.23. The molecule has 154 valence electrons. The van der Waals surface area contributed by atoms with E-state index in [9.17, 15) is 19.6 Å². The first kappa shape index (κ1) is 20.3. The van der Waals surface area contributed by atoms with Crippen LogP contribution in [-0.2, 0) is 10.5 Å². The smallest absolute Gasteiger partial charge is 0.231 e. The van der Waals surface area contributed by atoms with E-state index in [2.05, 4.69) is 6.07 Å². The number of nitrogens with zero attached hydrogens (tertiary/aromatic N) is 2. The molecule has 0 aromatic heterocycles. The molecule has 1 saturated heterocycles. The number of aliphatic hydroxyl groups is 1. The molecule has 2 aromatic carbocycles. The van der Waals surface area contributed by atoms with Crippen LogP contribution in [0.4, 0.5) is 4.39 Å². The van der Waals surface area contributed by atoms with Crippen molar-refractivity contribution in [2.75, 3.05) is 20.0 Å². The number of fused-ring (bicyclic) bond motifs is 1. The lowest BCUT2D eigenvalue weighted by atomic mass is 9.85. The summed E-state index contributed by atoms with van der Waals surface area (Å²) in [6.07, 6.45) is 0.00812. The van der Waals surface area contributed by atoms with Crippen LogP contribution in [0.2, 0.25) is 0 Å². The Balaban J connectivity index is 1.79. The van der Waals surface area contributed by atoms with Crippen molar-refractivity contribution in [3.8, 4) is 17.6 Å². The van der Waals surface area contributed by atoms with Crippen LogP contribution in [0.25, 0.3) is 0 Å². The zero-order valence-electron chi connectivity index (χ0n) is 16.4. The van der Waals surface area contributed by atoms with Crippen molar-refractivity contribution in [1.82, 2.24) is 4.90 Å². The van der Waals surface area contributed by atoms with Gasteiger partial charge in [-0.2, -0.15) is 5.26 Å². The van der Waals surface area contributed by atoms with Crippen LogP contribution < -0.4 is 9.47 Å². The molecular weight excluding hydrogens is 407 g/mol. The highest BCUT2D eigenvalue weighted by atomic mass is 32.2. The number of halogens is 1. The van der Waals surface area contributed by atoms with Gasteiger partial charge in [0.2, 0.25) is 5.91 Å². The molecule has 2 aromatic rings. The summed E-state index contributed by atoms with van der Waals surface area (Å²) in [6.45, 7) is 0. The van der Waals surface area contributed by atoms with Crippen LogP contribution in [0, 0.1) is 17.1 Å². The Kier molecular flexibility index (Phi) is 5.18. The van der Waals surface area contributed by atoms with E-state index >= 15 is 0 Å². The summed E-state index contributed by atoms with van der Waals surface area (Å²) in [4.78, 5) is 14.4. The zero-order valence-corrected chi connectivity index (χ0v) is 17.2. The van der Waals surface area contributed by atoms with E-state index in [1.54, 1.807) is 30.3 Å². The van der Waals surface area contributed by atoms with Gasteiger partial charge in [0.05, 0.1) is 36.6 Å². The van der Waals surface area contributed by atoms with Crippen molar-refractivity contribution in [3.05, 3.63) is 70.0 Å². The Morgan fingerprint density at radius 1 is 1.20 bits per heavy atom. The standard InChI is InChI=1S/C22H19FN2O4S/c1-28-18-8-5-14(9-19(18)29-2)22(27)12-30-21-17(11-24)16(10-20(26)25(21)22)13-3-6-15(23)7-4-13/h3-9,16,27H,10,12H2,1-2H3/t16-,22-/m1/s1. The Morgan fingerprint density at radius 3 is 2.53 bits per heavy atom. The second-order valence-corrected chi connectivity index (χ2v) is 8.01. The lowest BCUT2D eigenvalue weighted by Crippen LogP contribution is -2.48. The van der Waals surface area contributed by atoms with Crippen LogP contribution in [0.1, 0.15) is 23.5 Å². The van der Waals surface area contributed by atoms with Crippen LogP contribution >= 0.6 is 11.8 Å². The minimum Gasteiger partial charge on any atom is -0.493 e. The molecule has 0 saturated carbocycles. The first-order valence-corrected chi connectivity index (χ1v) is 10.2. The Hall–Kier alpha value is -3.02. The van der Waals surface area contributed by atoms with Gasteiger partial charge in [-0.25, -0.2) is 4.39 Å². The number of carbonyl (C=O) groups is 1. The third kappa shape index (κ3) is 3.11. The number of amides is 1. The topological polar surface area (TPSA) is 82.8 Å². The number of carbonyl (C=O) groups excluding carboxylic acids is 1. The predicted octanol–water partition coefficient (Wildman–Crippen LogP) is 3.49. The number of ether oxygens (including phenoxy) is 2. The van der Waals surface area contributed by atoms with E-state index < -0.39 is 11.6 Å². The number of methoxy groups -OCH3 is 2. The third-order valence-corrected chi connectivity index (χ3v) is 6.65. The summed E-state index contributed by atoms with van der Waals surface area (Å²) >= 11 is 1.26. The van der Waals surface area contributed by atoms with E-state index in [-0.39, 0.29) is 23.9 Å². The average Bonchev–Trinajstić information content (AvgIpc) is 3.13. The van der Waals surface area contributed by atoms with E-state index in [4.69, 9.17) is 9.47 Å². The average molecular weight is 426 g/mol. The molecule has 0 aliphatic carbocycles. The molecule has 2 aliphatic heterocycles. The van der Waals surface area contributed by atoms with Crippen LogP contribution in [0.5, 0.6) is 11.5 Å². The maximum Gasteiger partial charge on any atom is 0.231 e. The molecule has 2 atom stereocenters. The summed E-state index contributed by atoms with van der Waals surface area (Å²) in [5.41, 5.74) is -0.0706. The molecule has 4 rings (SSSR count). The normalized spacial score (nSPS) is 23.2. The molecule has 0 unspecified atom stereocenters. The molecule has 0 radical (unpaired) electrons. The fourth-order valence-electron chi connectivity index (χ4n) is 3.90. The van der Waals surface area contributed by atoms with Gasteiger partial charge >= 0.3 is 0 Å². The van der Waals surface area contributed by atoms with Gasteiger partial charge in [-0.1, -0.05) is 18.2 Å². The monoisotopic (exact) mass is 426 g/mol. The predicted molar refractivity (Wildman–Crippen MR) is 109 cm³/mol. The number of hydrogen-bond acceptors (Lipinski definition) is 6. The number of rotatable bonds is 4. The Bertz CT molecular complexity index is 1080. The number of thioether (sulfide) groups is 1. The minimum atomic E-state index is -1.62. The fourth-order valence-corrected chi connectivity index (χ4v) is 5.26. The van der Waals surface area contributed by atoms with Gasteiger partial charge in [-0.15, -0.1) is 11.8 Å². The molecule has 1 fully saturated rings. The van der Waals surface area contributed by atoms with Gasteiger partial charge < -0.3 is 14.6 Å². The maximum absolute atomic E-state index is 13.3. The number of allylic oxidation sites excluding steroid dienone is 1. The van der Waals surface area contributed by atoms with Crippen molar-refractivity contribution in [2.45, 2.75) is 18.1 Å². The zero-order chi connectivity index (χ0) is 21.5. The van der Waals surface area contributed by atoms with E-state index in [1.807, 2.05) is 0 Å². The molecule has 1 amide bonds. The molecule has 1 N–H and O–H groups in total. The van der Waals surface area contributed by atoms with Crippen LogP contribution in [0.3, 0.4) is 0 Å². The highest BCUT2D eigenvalue weighted by molar-refractivity contribution is 8.03. The van der Waals surface area contributed by atoms with Gasteiger partial charge in [-0.3, -0.25) is 9.69 Å². The summed E-state index contributed by atoms with van der Waals surface area (Å²) < 4.78 is 23.9. The van der Waals surface area contributed by atoms with Crippen molar-refractivity contribution >= 4 is 17.7 Å². The van der Waals surface area contributed by atoms with Crippen molar-refractivity contribution in [2.24, 2.45) is 0 Å². The summed E-state index contributed by atoms with van der Waals surface area (Å²) in [7, 11) is 3.01. The molecule has 6 nitrogen and oxygen atoms in total. The highest BCUT2D eigenvalue weighted by Gasteiger charge is 2.52. The minimum absolute atomic E-state index is 0.00812. The largest absolute Gasteiger partial charge is 0.493 e. The quantitative estimate of drug-likeness (QED) is 0.806. The second-order valence-electron chi connectivity index (χ2n) is 7.04. The molecule has 0 spiro atoms. The number of benzene rings is 2. The van der Waals surface area contributed by atoms with Gasteiger partial charge in [0.15, 0.2) is 17.2 Å². The molecule has 0 bridgehead atoms. The van der Waals surface area contributed by atoms with Gasteiger partial charge in [0.1, 0.15) is 5.82 Å². The van der Waals surface area contributed by atoms with Gasteiger partial charge in [0, 0.05) is 17.9 Å². The first-order chi connectivity index (χ1) is 14.4. The summed E-state index contributed by atoms with van der Waals surface area (Å²) in [5, 5.41) is 21.8. The molecular formula is C22H19FN2O4S. The summed E-state index contributed by atoms with van der Waals surface area (Å²) in [5.74, 6) is -0.0579. The van der Waals surface area contributed by atoms with Gasteiger partial charge in [-0.05, 0) is 29.8 Å². The third-order valence-electron chi connectivity index (χ3n) is 5.43. The lowest BCUT2D eigenvalue weighted by Gasteiger charge is -2.38. The second kappa shape index (κ2) is 7.67. The molecule has 2 aliphatic rings. The molecule has 8 heteroatoms. The van der Waals surface area contributed by atoms with E-state index in [1.165, 1.54) is 43.0 Å². The maximum atomic E-state index is 13.3. The van der Waals surface area contributed by atoms with E-state index in [0.717, 1.165) is 0 Å². The summed E-state index contributed by atoms with van der Waals surface area (Å²) in [6, 6.07) is 13.0.